The van der Waals surface area contributed by atoms with Crippen LogP contribution in [-0.4, -0.2) is 69.5 Å². The highest BCUT2D eigenvalue weighted by Crippen LogP contribution is 2.61. The summed E-state index contributed by atoms with van der Waals surface area (Å²) in [5.41, 5.74) is -1.03. The molecule has 1 aromatic rings. The van der Waals surface area contributed by atoms with Crippen molar-refractivity contribution < 1.29 is 24.2 Å². The summed E-state index contributed by atoms with van der Waals surface area (Å²) in [4.78, 5) is 42.6. The molecule has 4 rings (SSSR count). The van der Waals surface area contributed by atoms with Crippen LogP contribution in [0.25, 0.3) is 0 Å². The van der Waals surface area contributed by atoms with Gasteiger partial charge in [0, 0.05) is 17.4 Å². The minimum absolute atomic E-state index is 0.0337. The normalized spacial score (nSPS) is 32.4. The Labute approximate surface area is 221 Å². The lowest BCUT2D eigenvalue weighted by Crippen LogP contribution is -2.60. The lowest BCUT2D eigenvalue weighted by Gasteiger charge is -2.40. The Morgan fingerprint density at radius 2 is 1.83 bits per heavy atom. The number of benzene rings is 1. The van der Waals surface area contributed by atoms with E-state index in [1.165, 1.54) is 4.90 Å². The summed E-state index contributed by atoms with van der Waals surface area (Å²) < 4.78 is 6.50. The first-order chi connectivity index (χ1) is 16.8. The highest BCUT2D eigenvalue weighted by Gasteiger charge is 2.77. The summed E-state index contributed by atoms with van der Waals surface area (Å²) in [6.07, 6.45) is 0.627. The van der Waals surface area contributed by atoms with Crippen molar-refractivity contribution in [3.05, 3.63) is 35.9 Å². The molecule has 0 saturated carbocycles. The van der Waals surface area contributed by atoms with Crippen molar-refractivity contribution in [3.8, 4) is 0 Å². The van der Waals surface area contributed by atoms with Gasteiger partial charge in [0.1, 0.15) is 11.6 Å². The van der Waals surface area contributed by atoms with Gasteiger partial charge in [0.15, 0.2) is 0 Å². The van der Waals surface area contributed by atoms with E-state index in [1.54, 1.807) is 7.05 Å². The molecule has 3 saturated heterocycles. The van der Waals surface area contributed by atoms with Crippen molar-refractivity contribution in [3.63, 3.8) is 0 Å². The molecule has 8 nitrogen and oxygen atoms in total. The Morgan fingerprint density at radius 1 is 1.19 bits per heavy atom. The first kappa shape index (κ1) is 27.1. The number of rotatable bonds is 7. The Balaban J connectivity index is 1.81. The number of fused-ring (bicyclic) bond motifs is 1. The Bertz CT molecular complexity index is 1030. The van der Waals surface area contributed by atoms with E-state index < -0.39 is 41.2 Å². The van der Waals surface area contributed by atoms with E-state index in [0.29, 0.717) is 6.42 Å². The van der Waals surface area contributed by atoms with Crippen LogP contribution >= 0.6 is 15.9 Å². The molecule has 2 bridgehead atoms. The number of carbonyl (C=O) groups excluding carboxylic acids is 3. The second-order valence-corrected chi connectivity index (χ2v) is 13.4. The molecule has 3 amide bonds. The SMILES string of the molecule is CNC(=O)[C@H]1[C@H]2C(=O)N([C@H](CO)c3ccccc3)C(C(=O)NC(C)(C)CC(C)(C)C)C23CC(Br)[C@@H]1O3. The molecule has 1 aromatic carbocycles. The second-order valence-electron chi connectivity index (χ2n) is 12.2. The van der Waals surface area contributed by atoms with Gasteiger partial charge in [-0.1, -0.05) is 67.0 Å². The number of nitrogens with zero attached hydrogens (tertiary/aromatic N) is 1. The Morgan fingerprint density at radius 3 is 2.39 bits per heavy atom. The second kappa shape index (κ2) is 9.40. The van der Waals surface area contributed by atoms with Crippen LogP contribution in [0.4, 0.5) is 0 Å². The summed E-state index contributed by atoms with van der Waals surface area (Å²) in [6, 6.07) is 7.46. The van der Waals surface area contributed by atoms with Gasteiger partial charge < -0.3 is 25.4 Å². The van der Waals surface area contributed by atoms with Crippen LogP contribution in [0, 0.1) is 17.3 Å². The molecule has 9 heteroatoms. The predicted octanol–water partition coefficient (Wildman–Crippen LogP) is 2.54. The van der Waals surface area contributed by atoms with E-state index in [9.17, 15) is 19.5 Å². The average Bonchev–Trinajstić information content (AvgIpc) is 3.36. The number of hydrogen-bond donors (Lipinski definition) is 3. The molecule has 3 fully saturated rings. The molecule has 198 valence electrons. The molecular weight excluding hydrogens is 526 g/mol. The van der Waals surface area contributed by atoms with Gasteiger partial charge in [-0.25, -0.2) is 0 Å². The number of carbonyl (C=O) groups is 3. The number of ether oxygens (including phenoxy) is 1. The van der Waals surface area contributed by atoms with Crippen LogP contribution in [0.3, 0.4) is 0 Å². The van der Waals surface area contributed by atoms with Gasteiger partial charge in [-0.3, -0.25) is 14.4 Å². The fourth-order valence-corrected chi connectivity index (χ4v) is 7.91. The third kappa shape index (κ3) is 4.47. The number of nitrogens with one attached hydrogen (secondary N) is 2. The number of aliphatic hydroxyl groups excluding tert-OH is 1. The fraction of sp³-hybridized carbons (Fsp3) is 0.667. The molecule has 1 spiro atoms. The van der Waals surface area contributed by atoms with Crippen molar-refractivity contribution in [2.45, 2.75) is 81.6 Å². The van der Waals surface area contributed by atoms with E-state index in [0.717, 1.165) is 12.0 Å². The summed E-state index contributed by atoms with van der Waals surface area (Å²) in [5.74, 6) is -2.47. The summed E-state index contributed by atoms with van der Waals surface area (Å²) >= 11 is 3.67. The van der Waals surface area contributed by atoms with Crippen LogP contribution in [0.2, 0.25) is 0 Å². The average molecular weight is 565 g/mol. The van der Waals surface area contributed by atoms with Gasteiger partial charge in [-0.05, 0) is 37.7 Å². The molecule has 3 aliphatic heterocycles. The number of halogens is 1. The van der Waals surface area contributed by atoms with Crippen LogP contribution in [0.15, 0.2) is 30.3 Å². The largest absolute Gasteiger partial charge is 0.394 e. The first-order valence-corrected chi connectivity index (χ1v) is 13.5. The molecule has 0 aromatic heterocycles. The predicted molar refractivity (Wildman–Crippen MR) is 139 cm³/mol. The molecular formula is C27H38BrN3O5. The summed E-state index contributed by atoms with van der Waals surface area (Å²) in [5, 5.41) is 16.4. The third-order valence-electron chi connectivity index (χ3n) is 7.65. The van der Waals surface area contributed by atoms with E-state index in [1.807, 2.05) is 44.2 Å². The maximum Gasteiger partial charge on any atom is 0.246 e. The molecule has 7 atom stereocenters. The summed E-state index contributed by atoms with van der Waals surface area (Å²) in [6.45, 7) is 9.93. The topological polar surface area (TPSA) is 108 Å². The minimum Gasteiger partial charge on any atom is -0.394 e. The zero-order valence-electron chi connectivity index (χ0n) is 21.9. The standard InChI is InChI=1S/C27H38BrN3O5/c1-25(2,3)14-26(4,5)30-23(34)21-27-12-16(28)20(36-27)18(22(33)29-6)19(27)24(35)31(21)17(13-32)15-10-8-7-9-11-15/h7-11,16-21,32H,12-14H2,1-6H3,(H,29,33)(H,30,34)/t16?,17-,18+,19+,20+,21?,27?/m1/s1. The first-order valence-electron chi connectivity index (χ1n) is 12.6. The van der Waals surface area contributed by atoms with Crippen molar-refractivity contribution in [1.29, 1.82) is 0 Å². The highest BCUT2D eigenvalue weighted by atomic mass is 79.9. The van der Waals surface area contributed by atoms with Crippen molar-refractivity contribution in [2.24, 2.45) is 17.3 Å². The number of hydrogen-bond acceptors (Lipinski definition) is 5. The van der Waals surface area contributed by atoms with Gasteiger partial charge >= 0.3 is 0 Å². The minimum atomic E-state index is -1.17. The van der Waals surface area contributed by atoms with E-state index in [4.69, 9.17) is 4.74 Å². The maximum atomic E-state index is 14.2. The number of aliphatic hydroxyl groups is 1. The Hall–Kier alpha value is -1.97. The quantitative estimate of drug-likeness (QED) is 0.442. The van der Waals surface area contributed by atoms with Gasteiger partial charge in [0.2, 0.25) is 17.7 Å². The van der Waals surface area contributed by atoms with E-state index >= 15 is 0 Å². The number of likely N-dealkylation sites (tertiary alicyclic amines) is 1. The number of amides is 3. The van der Waals surface area contributed by atoms with Crippen LogP contribution in [0.1, 0.15) is 59.1 Å². The zero-order valence-corrected chi connectivity index (χ0v) is 23.5. The van der Waals surface area contributed by atoms with Gasteiger partial charge in [-0.15, -0.1) is 0 Å². The van der Waals surface area contributed by atoms with Gasteiger partial charge in [-0.2, -0.15) is 0 Å². The molecule has 3 N–H and O–H groups in total. The molecule has 0 aliphatic carbocycles. The third-order valence-corrected chi connectivity index (χ3v) is 8.50. The monoisotopic (exact) mass is 563 g/mol. The smallest absolute Gasteiger partial charge is 0.246 e. The van der Waals surface area contributed by atoms with Crippen LogP contribution < -0.4 is 10.6 Å². The number of alkyl halides is 1. The van der Waals surface area contributed by atoms with Gasteiger partial charge in [0.05, 0.1) is 30.6 Å². The van der Waals surface area contributed by atoms with Crippen molar-refractivity contribution in [1.82, 2.24) is 15.5 Å². The molecule has 3 aliphatic rings. The van der Waals surface area contributed by atoms with Crippen LogP contribution in [0.5, 0.6) is 0 Å². The van der Waals surface area contributed by atoms with Crippen molar-refractivity contribution >= 4 is 33.7 Å². The zero-order chi connectivity index (χ0) is 26.6. The van der Waals surface area contributed by atoms with E-state index in [-0.39, 0.29) is 34.6 Å². The van der Waals surface area contributed by atoms with E-state index in [2.05, 4.69) is 47.3 Å². The maximum absolute atomic E-state index is 14.2. The van der Waals surface area contributed by atoms with Crippen molar-refractivity contribution in [2.75, 3.05) is 13.7 Å². The van der Waals surface area contributed by atoms with Gasteiger partial charge in [0.25, 0.3) is 0 Å². The lowest BCUT2D eigenvalue weighted by atomic mass is 9.70. The highest BCUT2D eigenvalue weighted by molar-refractivity contribution is 9.09. The Kier molecular flexibility index (Phi) is 7.07. The fourth-order valence-electron chi connectivity index (χ4n) is 6.97. The molecule has 3 heterocycles. The molecule has 0 radical (unpaired) electrons. The molecule has 3 unspecified atom stereocenters. The summed E-state index contributed by atoms with van der Waals surface area (Å²) in [7, 11) is 1.54. The van der Waals surface area contributed by atoms with Crippen LogP contribution in [-0.2, 0) is 19.1 Å². The lowest BCUT2D eigenvalue weighted by molar-refractivity contribution is -0.146. The molecule has 36 heavy (non-hydrogen) atoms.